The van der Waals surface area contributed by atoms with E-state index in [9.17, 15) is 9.90 Å². The van der Waals surface area contributed by atoms with Gasteiger partial charge in [-0.1, -0.05) is 113 Å². The molecule has 2 unspecified atom stereocenters. The number of hydrogen-bond acceptors (Lipinski definition) is 4. The Kier molecular flexibility index (Phi) is 9.06. The van der Waals surface area contributed by atoms with Crippen molar-refractivity contribution in [3.63, 3.8) is 0 Å². The van der Waals surface area contributed by atoms with Gasteiger partial charge in [-0.15, -0.1) is 0 Å². The summed E-state index contributed by atoms with van der Waals surface area (Å²) in [6.07, 6.45) is 13.2. The van der Waals surface area contributed by atoms with Gasteiger partial charge in [-0.05, 0) is 41.5 Å². The lowest BCUT2D eigenvalue weighted by Crippen LogP contribution is -2.63. The molecule has 2 heterocycles. The molecule has 38 heavy (non-hydrogen) atoms. The van der Waals surface area contributed by atoms with E-state index >= 15 is 0 Å². The predicted octanol–water partition coefficient (Wildman–Crippen LogP) is 7.45. The molecular formula is C33H45NO4. The van der Waals surface area contributed by atoms with Gasteiger partial charge in [-0.3, -0.25) is 4.90 Å². The first kappa shape index (κ1) is 27.2. The number of rotatable bonds is 12. The number of piperidine rings is 1. The first-order valence-electron chi connectivity index (χ1n) is 15.0. The number of nitrogens with zero attached hydrogens (tertiary/aromatic N) is 1. The van der Waals surface area contributed by atoms with Crippen molar-refractivity contribution in [3.05, 3.63) is 59.7 Å². The molecule has 1 aliphatic carbocycles. The van der Waals surface area contributed by atoms with Crippen LogP contribution in [0, 0.1) is 0 Å². The molecule has 206 valence electrons. The summed E-state index contributed by atoms with van der Waals surface area (Å²) in [5, 5.41) is 11.5. The maximum atomic E-state index is 13.4. The first-order chi connectivity index (χ1) is 18.6. The average Bonchev–Trinajstić information content (AvgIpc) is 3.24. The summed E-state index contributed by atoms with van der Waals surface area (Å²) in [7, 11) is 0. The second-order valence-electron chi connectivity index (χ2n) is 11.8. The van der Waals surface area contributed by atoms with E-state index in [-0.39, 0.29) is 24.1 Å². The smallest absolute Gasteiger partial charge is 0.410 e. The van der Waals surface area contributed by atoms with Gasteiger partial charge in [0.25, 0.3) is 0 Å². The van der Waals surface area contributed by atoms with Crippen LogP contribution in [0.15, 0.2) is 48.5 Å². The van der Waals surface area contributed by atoms with Crippen LogP contribution < -0.4 is 0 Å². The van der Waals surface area contributed by atoms with Crippen molar-refractivity contribution in [1.82, 2.24) is 4.90 Å². The van der Waals surface area contributed by atoms with Gasteiger partial charge in [0, 0.05) is 5.92 Å². The number of benzene rings is 2. The van der Waals surface area contributed by atoms with Crippen LogP contribution >= 0.6 is 0 Å². The Morgan fingerprint density at radius 1 is 0.868 bits per heavy atom. The van der Waals surface area contributed by atoms with E-state index in [2.05, 4.69) is 55.5 Å². The van der Waals surface area contributed by atoms with Crippen LogP contribution in [0.5, 0.6) is 0 Å². The molecule has 0 aromatic heterocycles. The Bertz CT molecular complexity index is 1010. The SMILES string of the molecule is CCCCCCCCCCCC1(O)CC2COCC(C1)N2C(=O)OCC1c2ccccc2-c2ccccc21. The zero-order valence-corrected chi connectivity index (χ0v) is 23.1. The number of unbranched alkanes of at least 4 members (excludes halogenated alkanes) is 8. The summed E-state index contributed by atoms with van der Waals surface area (Å²) >= 11 is 0. The van der Waals surface area contributed by atoms with E-state index in [0.29, 0.717) is 32.7 Å². The van der Waals surface area contributed by atoms with Gasteiger partial charge in [-0.25, -0.2) is 4.79 Å². The average molecular weight is 520 g/mol. The summed E-state index contributed by atoms with van der Waals surface area (Å²) in [5.41, 5.74) is 4.20. The fourth-order valence-electron chi connectivity index (χ4n) is 7.01. The number of morpholine rings is 1. The van der Waals surface area contributed by atoms with Gasteiger partial charge in [0.15, 0.2) is 0 Å². The number of amides is 1. The molecule has 2 saturated heterocycles. The van der Waals surface area contributed by atoms with Crippen LogP contribution in [0.4, 0.5) is 4.79 Å². The van der Waals surface area contributed by atoms with Crippen LogP contribution in [-0.4, -0.2) is 53.6 Å². The normalized spacial score (nSPS) is 24.2. The number of aliphatic hydroxyl groups is 1. The molecule has 1 N–H and O–H groups in total. The fourth-order valence-corrected chi connectivity index (χ4v) is 7.01. The number of hydrogen-bond donors (Lipinski definition) is 1. The minimum atomic E-state index is -0.708. The lowest BCUT2D eigenvalue weighted by atomic mass is 9.78. The molecule has 2 atom stereocenters. The molecule has 5 nitrogen and oxygen atoms in total. The van der Waals surface area contributed by atoms with Crippen LogP contribution in [-0.2, 0) is 9.47 Å². The van der Waals surface area contributed by atoms with Gasteiger partial charge in [0.1, 0.15) is 6.61 Å². The lowest BCUT2D eigenvalue weighted by molar-refractivity contribution is -0.135. The van der Waals surface area contributed by atoms with Crippen LogP contribution in [0.1, 0.15) is 101 Å². The molecule has 1 amide bonds. The van der Waals surface area contributed by atoms with Crippen molar-refractivity contribution in [3.8, 4) is 11.1 Å². The quantitative estimate of drug-likeness (QED) is 0.296. The Labute approximate surface area is 228 Å². The van der Waals surface area contributed by atoms with E-state index in [0.717, 1.165) is 12.8 Å². The Morgan fingerprint density at radius 2 is 1.39 bits per heavy atom. The van der Waals surface area contributed by atoms with Gasteiger partial charge >= 0.3 is 6.09 Å². The summed E-state index contributed by atoms with van der Waals surface area (Å²) in [5.74, 6) is 0.0517. The highest BCUT2D eigenvalue weighted by Gasteiger charge is 2.48. The van der Waals surface area contributed by atoms with E-state index in [1.807, 2.05) is 4.90 Å². The molecule has 5 heteroatoms. The van der Waals surface area contributed by atoms with E-state index in [1.165, 1.54) is 73.6 Å². The number of carbonyl (C=O) groups is 1. The van der Waals surface area contributed by atoms with Gasteiger partial charge in [0.05, 0.1) is 30.9 Å². The molecule has 2 aromatic rings. The Hall–Kier alpha value is -2.37. The van der Waals surface area contributed by atoms with Crippen molar-refractivity contribution in [2.45, 2.75) is 108 Å². The lowest BCUT2D eigenvalue weighted by Gasteiger charge is -2.51. The first-order valence-corrected chi connectivity index (χ1v) is 15.0. The third-order valence-electron chi connectivity index (χ3n) is 8.93. The third kappa shape index (κ3) is 6.10. The number of carbonyl (C=O) groups excluding carboxylic acids is 1. The maximum Gasteiger partial charge on any atom is 0.410 e. The number of fused-ring (bicyclic) bond motifs is 5. The molecule has 0 saturated carbocycles. The molecule has 2 aliphatic heterocycles. The maximum absolute atomic E-state index is 13.4. The topological polar surface area (TPSA) is 59.0 Å². The molecular weight excluding hydrogens is 474 g/mol. The highest BCUT2D eigenvalue weighted by molar-refractivity contribution is 5.79. The standard InChI is InChI=1S/C33H45NO4/c1-2-3-4-5-6-7-8-9-14-19-33(36)20-25-22-37-23-26(21-33)34(25)32(35)38-24-31-29-17-12-10-15-27(29)28-16-11-13-18-30(28)31/h10-13,15-18,25-26,31,36H,2-9,14,19-24H2,1H3. The van der Waals surface area contributed by atoms with E-state index < -0.39 is 5.60 Å². The van der Waals surface area contributed by atoms with Gasteiger partial charge < -0.3 is 14.6 Å². The zero-order chi connectivity index (χ0) is 26.4. The van der Waals surface area contributed by atoms with Gasteiger partial charge in [-0.2, -0.15) is 0 Å². The van der Waals surface area contributed by atoms with E-state index in [1.54, 1.807) is 0 Å². The minimum Gasteiger partial charge on any atom is -0.448 e. The van der Waals surface area contributed by atoms with E-state index in [4.69, 9.17) is 9.47 Å². The van der Waals surface area contributed by atoms with Crippen LogP contribution in [0.3, 0.4) is 0 Å². The zero-order valence-electron chi connectivity index (χ0n) is 23.1. The molecule has 0 spiro atoms. The molecule has 5 rings (SSSR count). The largest absolute Gasteiger partial charge is 0.448 e. The molecule has 2 bridgehead atoms. The molecule has 3 aliphatic rings. The second-order valence-corrected chi connectivity index (χ2v) is 11.8. The summed E-state index contributed by atoms with van der Waals surface area (Å²) in [6.45, 7) is 3.53. The highest BCUT2D eigenvalue weighted by atomic mass is 16.6. The van der Waals surface area contributed by atoms with Crippen LogP contribution in [0.2, 0.25) is 0 Å². The Morgan fingerprint density at radius 3 is 1.97 bits per heavy atom. The van der Waals surface area contributed by atoms with Crippen molar-refractivity contribution >= 4 is 6.09 Å². The second kappa shape index (κ2) is 12.7. The summed E-state index contributed by atoms with van der Waals surface area (Å²) in [4.78, 5) is 15.3. The predicted molar refractivity (Wildman–Crippen MR) is 151 cm³/mol. The minimum absolute atomic E-state index is 0.0517. The van der Waals surface area contributed by atoms with Crippen molar-refractivity contribution in [1.29, 1.82) is 0 Å². The van der Waals surface area contributed by atoms with Gasteiger partial charge in [0.2, 0.25) is 0 Å². The highest BCUT2D eigenvalue weighted by Crippen LogP contribution is 2.45. The monoisotopic (exact) mass is 519 g/mol. The van der Waals surface area contributed by atoms with Crippen LogP contribution in [0.25, 0.3) is 11.1 Å². The Balaban J connectivity index is 1.12. The molecule has 2 fully saturated rings. The fraction of sp³-hybridized carbons (Fsp3) is 0.606. The molecule has 2 aromatic carbocycles. The number of ether oxygens (including phenoxy) is 2. The van der Waals surface area contributed by atoms with Crippen molar-refractivity contribution < 1.29 is 19.4 Å². The molecule has 0 radical (unpaired) electrons. The van der Waals surface area contributed by atoms with Crippen molar-refractivity contribution in [2.75, 3.05) is 19.8 Å². The summed E-state index contributed by atoms with van der Waals surface area (Å²) < 4.78 is 11.8. The third-order valence-corrected chi connectivity index (χ3v) is 8.93. The van der Waals surface area contributed by atoms with Crippen molar-refractivity contribution in [2.24, 2.45) is 0 Å². The summed E-state index contributed by atoms with van der Waals surface area (Å²) in [6, 6.07) is 16.6.